The highest BCUT2D eigenvalue weighted by Gasteiger charge is 2.13. The molecule has 130 valence electrons. The van der Waals surface area contributed by atoms with Crippen LogP contribution in [-0.2, 0) is 4.79 Å². The van der Waals surface area contributed by atoms with Crippen LogP contribution in [0.2, 0.25) is 0 Å². The number of allylic oxidation sites excluding steroid dienone is 1. The maximum atomic E-state index is 12.4. The Labute approximate surface area is 147 Å². The van der Waals surface area contributed by atoms with Gasteiger partial charge in [-0.05, 0) is 38.1 Å². The fourth-order valence-electron chi connectivity index (χ4n) is 2.15. The number of aromatic nitrogens is 1. The van der Waals surface area contributed by atoms with E-state index in [4.69, 9.17) is 4.74 Å². The molecule has 0 bridgehead atoms. The van der Waals surface area contributed by atoms with Crippen molar-refractivity contribution in [1.29, 1.82) is 0 Å². The molecule has 0 radical (unpaired) electrons. The van der Waals surface area contributed by atoms with Crippen LogP contribution in [0.1, 0.15) is 24.2 Å². The molecule has 0 aliphatic rings. The molecule has 0 aliphatic carbocycles. The molecule has 0 atom stereocenters. The first-order valence-electron chi connectivity index (χ1n) is 7.75. The Balaban J connectivity index is 2.11. The molecule has 2 aromatic rings. The van der Waals surface area contributed by atoms with E-state index in [1.54, 1.807) is 49.5 Å². The summed E-state index contributed by atoms with van der Waals surface area (Å²) in [5.41, 5.74) is 1.88. The molecule has 1 heterocycles. The topological polar surface area (TPSA) is 71.5 Å². The van der Waals surface area contributed by atoms with E-state index in [-0.39, 0.29) is 11.8 Å². The summed E-state index contributed by atoms with van der Waals surface area (Å²) < 4.78 is 5.19. The van der Waals surface area contributed by atoms with E-state index in [0.29, 0.717) is 22.8 Å². The van der Waals surface area contributed by atoms with Crippen LogP contribution in [0.4, 0.5) is 11.5 Å². The average Bonchev–Trinajstić information content (AvgIpc) is 2.61. The number of ether oxygens (including phenoxy) is 1. The van der Waals surface area contributed by atoms with Crippen molar-refractivity contribution in [3.05, 3.63) is 59.8 Å². The van der Waals surface area contributed by atoms with Gasteiger partial charge in [0.15, 0.2) is 0 Å². The van der Waals surface area contributed by atoms with E-state index < -0.39 is 0 Å². The van der Waals surface area contributed by atoms with Crippen LogP contribution in [0.15, 0.2) is 54.2 Å². The number of likely N-dealkylation sites (N-methyl/N-ethyl adjacent to an activating group) is 1. The maximum Gasteiger partial charge on any atom is 0.259 e. The normalized spacial score (nSPS) is 9.92. The van der Waals surface area contributed by atoms with Crippen molar-refractivity contribution in [3.63, 3.8) is 0 Å². The molecular formula is C19H21N3O3. The third-order valence-electron chi connectivity index (χ3n) is 3.44. The Kier molecular flexibility index (Phi) is 5.89. The predicted octanol–water partition coefficient (Wildman–Crippen LogP) is 3.27. The number of pyridine rings is 1. The first-order valence-corrected chi connectivity index (χ1v) is 7.75. The Bertz CT molecular complexity index is 794. The zero-order valence-corrected chi connectivity index (χ0v) is 14.7. The number of carbonyl (C=O) groups is 2. The monoisotopic (exact) mass is 339 g/mol. The second kappa shape index (κ2) is 8.10. The number of carbonyl (C=O) groups excluding carboxylic acids is 2. The fraction of sp³-hybridized carbons (Fsp3) is 0.211. The third-order valence-corrected chi connectivity index (χ3v) is 3.44. The summed E-state index contributed by atoms with van der Waals surface area (Å²) in [6.45, 7) is 3.71. The zero-order valence-electron chi connectivity index (χ0n) is 14.7. The molecule has 6 nitrogen and oxygen atoms in total. The molecule has 0 aliphatic heterocycles. The summed E-state index contributed by atoms with van der Waals surface area (Å²) in [6.07, 6.45) is 3.05. The Morgan fingerprint density at radius 1 is 1.16 bits per heavy atom. The minimum Gasteiger partial charge on any atom is -0.496 e. The van der Waals surface area contributed by atoms with Gasteiger partial charge in [-0.15, -0.1) is 0 Å². The SMILES string of the molecule is COc1ccccc1C(=O)Nc1ccc(N(C)C(=O)C=C(C)C)nc1. The fourth-order valence-corrected chi connectivity index (χ4v) is 2.15. The van der Waals surface area contributed by atoms with Gasteiger partial charge in [0.05, 0.1) is 24.6 Å². The summed E-state index contributed by atoms with van der Waals surface area (Å²) in [5, 5.41) is 2.76. The van der Waals surface area contributed by atoms with Crippen LogP contribution in [0.25, 0.3) is 0 Å². The maximum absolute atomic E-state index is 12.4. The van der Waals surface area contributed by atoms with Crippen molar-refractivity contribution >= 4 is 23.3 Å². The molecular weight excluding hydrogens is 318 g/mol. The molecule has 0 fully saturated rings. The lowest BCUT2D eigenvalue weighted by molar-refractivity contribution is -0.114. The van der Waals surface area contributed by atoms with Gasteiger partial charge in [0.2, 0.25) is 0 Å². The van der Waals surface area contributed by atoms with E-state index in [9.17, 15) is 9.59 Å². The Hall–Kier alpha value is -3.15. The van der Waals surface area contributed by atoms with E-state index in [0.717, 1.165) is 5.57 Å². The van der Waals surface area contributed by atoms with Crippen molar-refractivity contribution in [2.45, 2.75) is 13.8 Å². The third kappa shape index (κ3) is 4.67. The number of para-hydroxylation sites is 1. The van der Waals surface area contributed by atoms with Crippen molar-refractivity contribution in [2.75, 3.05) is 24.4 Å². The highest BCUT2D eigenvalue weighted by atomic mass is 16.5. The van der Waals surface area contributed by atoms with Crippen LogP contribution >= 0.6 is 0 Å². The van der Waals surface area contributed by atoms with E-state index in [1.165, 1.54) is 18.2 Å². The van der Waals surface area contributed by atoms with E-state index >= 15 is 0 Å². The van der Waals surface area contributed by atoms with Gasteiger partial charge in [-0.2, -0.15) is 0 Å². The van der Waals surface area contributed by atoms with E-state index in [1.807, 2.05) is 13.8 Å². The summed E-state index contributed by atoms with van der Waals surface area (Å²) in [7, 11) is 3.17. The number of amides is 2. The first-order chi connectivity index (χ1) is 11.9. The highest BCUT2D eigenvalue weighted by molar-refractivity contribution is 6.06. The van der Waals surface area contributed by atoms with Gasteiger partial charge in [-0.25, -0.2) is 4.98 Å². The number of nitrogens with one attached hydrogen (secondary N) is 1. The minimum absolute atomic E-state index is 0.154. The van der Waals surface area contributed by atoms with E-state index in [2.05, 4.69) is 10.3 Å². The highest BCUT2D eigenvalue weighted by Crippen LogP contribution is 2.20. The number of nitrogens with zero attached hydrogens (tertiary/aromatic N) is 2. The van der Waals surface area contributed by atoms with Gasteiger partial charge < -0.3 is 10.1 Å². The van der Waals surface area contributed by atoms with Gasteiger partial charge in [0.25, 0.3) is 11.8 Å². The van der Waals surface area contributed by atoms with Gasteiger partial charge in [0, 0.05) is 13.1 Å². The molecule has 2 amide bonds. The molecule has 0 spiro atoms. The van der Waals surface area contributed by atoms with Crippen molar-refractivity contribution in [2.24, 2.45) is 0 Å². The molecule has 0 saturated carbocycles. The Morgan fingerprint density at radius 2 is 1.88 bits per heavy atom. The Morgan fingerprint density at radius 3 is 2.48 bits per heavy atom. The summed E-state index contributed by atoms with van der Waals surface area (Å²) in [4.78, 5) is 30.0. The first kappa shape index (κ1) is 18.2. The molecule has 6 heteroatoms. The molecule has 1 N–H and O–H groups in total. The molecule has 0 saturated heterocycles. The zero-order chi connectivity index (χ0) is 18.4. The summed E-state index contributed by atoms with van der Waals surface area (Å²) in [5.74, 6) is 0.550. The number of hydrogen-bond donors (Lipinski definition) is 1. The van der Waals surface area contributed by atoms with Crippen LogP contribution in [0.5, 0.6) is 5.75 Å². The van der Waals surface area contributed by atoms with Crippen LogP contribution in [0.3, 0.4) is 0 Å². The van der Waals surface area contributed by atoms with Crippen LogP contribution < -0.4 is 15.0 Å². The number of benzene rings is 1. The van der Waals surface area contributed by atoms with Crippen molar-refractivity contribution in [3.8, 4) is 5.75 Å². The van der Waals surface area contributed by atoms with Gasteiger partial charge >= 0.3 is 0 Å². The van der Waals surface area contributed by atoms with Crippen molar-refractivity contribution in [1.82, 2.24) is 4.98 Å². The molecule has 25 heavy (non-hydrogen) atoms. The molecule has 0 unspecified atom stereocenters. The number of rotatable bonds is 5. The largest absolute Gasteiger partial charge is 0.496 e. The van der Waals surface area contributed by atoms with Gasteiger partial charge in [0.1, 0.15) is 11.6 Å². The lowest BCUT2D eigenvalue weighted by Crippen LogP contribution is -2.25. The predicted molar refractivity (Wildman–Crippen MR) is 98.0 cm³/mol. The van der Waals surface area contributed by atoms with Crippen LogP contribution in [0, 0.1) is 0 Å². The van der Waals surface area contributed by atoms with Gasteiger partial charge in [-0.3, -0.25) is 14.5 Å². The second-order valence-electron chi connectivity index (χ2n) is 5.68. The molecule has 1 aromatic heterocycles. The average molecular weight is 339 g/mol. The number of hydrogen-bond acceptors (Lipinski definition) is 4. The van der Waals surface area contributed by atoms with Gasteiger partial charge in [-0.1, -0.05) is 17.7 Å². The molecule has 1 aromatic carbocycles. The smallest absolute Gasteiger partial charge is 0.259 e. The van der Waals surface area contributed by atoms with Crippen LogP contribution in [-0.4, -0.2) is 31.0 Å². The summed E-state index contributed by atoms with van der Waals surface area (Å²) >= 11 is 0. The standard InChI is InChI=1S/C19H21N3O3/c1-13(2)11-18(23)22(3)17-10-9-14(12-20-17)21-19(24)15-7-5-6-8-16(15)25-4/h5-12H,1-4H3,(H,21,24). The quantitative estimate of drug-likeness (QED) is 0.849. The summed E-state index contributed by atoms with van der Waals surface area (Å²) in [6, 6.07) is 10.3. The number of methoxy groups -OCH3 is 1. The minimum atomic E-state index is -0.291. The number of anilines is 2. The second-order valence-corrected chi connectivity index (χ2v) is 5.68. The lowest BCUT2D eigenvalue weighted by Gasteiger charge is -2.15. The van der Waals surface area contributed by atoms with Crippen molar-refractivity contribution < 1.29 is 14.3 Å². The lowest BCUT2D eigenvalue weighted by atomic mass is 10.2. The molecule has 2 rings (SSSR count).